The van der Waals surface area contributed by atoms with E-state index in [2.05, 4.69) is 5.32 Å². The van der Waals surface area contributed by atoms with Crippen molar-refractivity contribution in [1.29, 1.82) is 0 Å². The van der Waals surface area contributed by atoms with Crippen LogP contribution >= 0.6 is 11.6 Å². The number of fused-ring (bicyclic) bond motifs is 1. The Morgan fingerprint density at radius 1 is 1.17 bits per heavy atom. The van der Waals surface area contributed by atoms with Crippen LogP contribution in [0.5, 0.6) is 5.88 Å². The fraction of sp³-hybridized carbons (Fsp3) is 0.0588. The highest BCUT2D eigenvalue weighted by atomic mass is 35.5. The Balaban J connectivity index is 2.12. The van der Waals surface area contributed by atoms with Gasteiger partial charge in [0.2, 0.25) is 11.8 Å². The van der Waals surface area contributed by atoms with Crippen LogP contribution in [-0.4, -0.2) is 21.5 Å². The zero-order chi connectivity index (χ0) is 17.4. The van der Waals surface area contributed by atoms with E-state index in [0.29, 0.717) is 21.6 Å². The zero-order valence-electron chi connectivity index (χ0n) is 12.5. The molecule has 122 valence electrons. The van der Waals surface area contributed by atoms with E-state index in [1.165, 1.54) is 37.3 Å². The maximum Gasteiger partial charge on any atom is 0.261 e. The average molecular weight is 347 g/mol. The number of hydrogen-bond acceptors (Lipinski definition) is 3. The first-order valence-electron chi connectivity index (χ1n) is 6.99. The molecule has 0 bridgehead atoms. The number of hydrogen-bond donors (Lipinski definition) is 2. The minimum Gasteiger partial charge on any atom is -0.494 e. The third-order valence-electron chi connectivity index (χ3n) is 3.55. The lowest BCUT2D eigenvalue weighted by Crippen LogP contribution is -2.12. The smallest absolute Gasteiger partial charge is 0.261 e. The molecule has 0 radical (unpaired) electrons. The van der Waals surface area contributed by atoms with Crippen molar-refractivity contribution in [3.8, 4) is 5.88 Å². The van der Waals surface area contributed by atoms with Crippen molar-refractivity contribution in [2.75, 3.05) is 5.32 Å². The molecule has 1 amide bonds. The number of nitrogens with zero attached hydrogens (tertiary/aromatic N) is 1. The Bertz CT molecular complexity index is 964. The minimum absolute atomic E-state index is 0.0768. The van der Waals surface area contributed by atoms with Crippen molar-refractivity contribution in [2.24, 2.45) is 0 Å². The van der Waals surface area contributed by atoms with Gasteiger partial charge in [-0.25, -0.2) is 8.96 Å². The molecule has 0 fully saturated rings. The molecule has 2 N–H and O–H groups in total. The molecule has 0 spiro atoms. The van der Waals surface area contributed by atoms with E-state index in [0.717, 1.165) is 4.57 Å². The Labute approximate surface area is 141 Å². The molecule has 1 heterocycles. The zero-order valence-corrected chi connectivity index (χ0v) is 13.3. The third-order valence-corrected chi connectivity index (χ3v) is 3.78. The van der Waals surface area contributed by atoms with Gasteiger partial charge in [0.15, 0.2) is 0 Å². The summed E-state index contributed by atoms with van der Waals surface area (Å²) in [6.45, 7) is 1.27. The molecule has 3 rings (SSSR count). The molecular formula is C17H12ClFN2O3. The summed E-state index contributed by atoms with van der Waals surface area (Å²) in [4.78, 5) is 24.3. The van der Waals surface area contributed by atoms with Gasteiger partial charge < -0.3 is 10.4 Å². The van der Waals surface area contributed by atoms with Gasteiger partial charge in [-0.3, -0.25) is 9.59 Å². The summed E-state index contributed by atoms with van der Waals surface area (Å²) in [5.41, 5.74) is 0.646. The standard InChI is InChI=1S/C17H12ClFN2O3/c1-9(22)21-14-7-2-10(18)8-13(14)15(17(21)24)16(23)20-12-5-3-11(19)4-6-12/h2-8,24H,1H3,(H,20,23). The van der Waals surface area contributed by atoms with Crippen LogP contribution < -0.4 is 5.32 Å². The van der Waals surface area contributed by atoms with E-state index in [-0.39, 0.29) is 5.56 Å². The van der Waals surface area contributed by atoms with Crippen molar-refractivity contribution in [2.45, 2.75) is 6.92 Å². The van der Waals surface area contributed by atoms with E-state index >= 15 is 0 Å². The molecular weight excluding hydrogens is 335 g/mol. The van der Waals surface area contributed by atoms with Gasteiger partial charge in [0.1, 0.15) is 11.4 Å². The minimum atomic E-state index is -0.633. The largest absolute Gasteiger partial charge is 0.494 e. The van der Waals surface area contributed by atoms with E-state index in [1.54, 1.807) is 12.1 Å². The Morgan fingerprint density at radius 2 is 1.83 bits per heavy atom. The molecule has 7 heteroatoms. The number of amides is 1. The maximum absolute atomic E-state index is 12.9. The quantitative estimate of drug-likeness (QED) is 0.735. The van der Waals surface area contributed by atoms with Crippen LogP contribution in [0.25, 0.3) is 10.9 Å². The summed E-state index contributed by atoms with van der Waals surface area (Å²) in [7, 11) is 0. The molecule has 5 nitrogen and oxygen atoms in total. The molecule has 0 saturated carbocycles. The first-order chi connectivity index (χ1) is 11.4. The van der Waals surface area contributed by atoms with Gasteiger partial charge in [-0.05, 0) is 42.5 Å². The van der Waals surface area contributed by atoms with Crippen LogP contribution in [0, 0.1) is 5.82 Å². The lowest BCUT2D eigenvalue weighted by molar-refractivity contribution is 0.0933. The highest BCUT2D eigenvalue weighted by Gasteiger charge is 2.24. The maximum atomic E-state index is 12.9. The molecule has 0 aliphatic heterocycles. The van der Waals surface area contributed by atoms with Crippen LogP contribution in [0.2, 0.25) is 5.02 Å². The molecule has 24 heavy (non-hydrogen) atoms. The van der Waals surface area contributed by atoms with Crippen LogP contribution in [0.15, 0.2) is 42.5 Å². The fourth-order valence-electron chi connectivity index (χ4n) is 2.52. The normalized spacial score (nSPS) is 10.8. The monoisotopic (exact) mass is 346 g/mol. The van der Waals surface area contributed by atoms with Crippen molar-refractivity contribution in [3.63, 3.8) is 0 Å². The molecule has 0 aliphatic rings. The van der Waals surface area contributed by atoms with Crippen molar-refractivity contribution >= 4 is 40.0 Å². The van der Waals surface area contributed by atoms with Crippen LogP contribution in [0.3, 0.4) is 0 Å². The summed E-state index contributed by atoms with van der Waals surface area (Å²) in [6.07, 6.45) is 0. The molecule has 1 aromatic heterocycles. The van der Waals surface area contributed by atoms with Gasteiger partial charge in [0.05, 0.1) is 5.52 Å². The number of carbonyl (C=O) groups excluding carboxylic acids is 2. The first kappa shape index (κ1) is 16.0. The number of carbonyl (C=O) groups is 2. The molecule has 3 aromatic rings. The number of halogens is 2. The topological polar surface area (TPSA) is 71.3 Å². The van der Waals surface area contributed by atoms with E-state index < -0.39 is 23.5 Å². The molecule has 0 atom stereocenters. The number of benzene rings is 2. The summed E-state index contributed by atoms with van der Waals surface area (Å²) in [6, 6.07) is 9.78. The van der Waals surface area contributed by atoms with Crippen molar-refractivity contribution in [1.82, 2.24) is 4.57 Å². The number of aromatic nitrogens is 1. The van der Waals surface area contributed by atoms with Crippen LogP contribution in [0.1, 0.15) is 22.1 Å². The second-order valence-corrected chi connectivity index (χ2v) is 5.61. The fourth-order valence-corrected chi connectivity index (χ4v) is 2.69. The van der Waals surface area contributed by atoms with E-state index in [4.69, 9.17) is 11.6 Å². The lowest BCUT2D eigenvalue weighted by atomic mass is 10.1. The van der Waals surface area contributed by atoms with E-state index in [1.807, 2.05) is 0 Å². The second kappa shape index (κ2) is 5.98. The SMILES string of the molecule is CC(=O)n1c(O)c(C(=O)Nc2ccc(F)cc2)c2cc(Cl)ccc21. The molecule has 0 unspecified atom stereocenters. The highest BCUT2D eigenvalue weighted by molar-refractivity contribution is 6.32. The summed E-state index contributed by atoms with van der Waals surface area (Å²) < 4.78 is 14.0. The third kappa shape index (κ3) is 2.72. The van der Waals surface area contributed by atoms with Crippen LogP contribution in [-0.2, 0) is 0 Å². The van der Waals surface area contributed by atoms with Gasteiger partial charge in [-0.2, -0.15) is 0 Å². The molecule has 0 saturated heterocycles. The lowest BCUT2D eigenvalue weighted by Gasteiger charge is -2.05. The number of rotatable bonds is 2. The van der Waals surface area contributed by atoms with Gasteiger partial charge in [0.25, 0.3) is 5.91 Å². The average Bonchev–Trinajstić information content (AvgIpc) is 2.80. The Hall–Kier alpha value is -2.86. The predicted molar refractivity (Wildman–Crippen MR) is 89.3 cm³/mol. The van der Waals surface area contributed by atoms with Crippen LogP contribution in [0.4, 0.5) is 10.1 Å². The second-order valence-electron chi connectivity index (χ2n) is 5.18. The van der Waals surface area contributed by atoms with Gasteiger partial charge in [0, 0.05) is 23.0 Å². The summed E-state index contributed by atoms with van der Waals surface area (Å²) in [5, 5.41) is 13.6. The van der Waals surface area contributed by atoms with Crippen molar-refractivity contribution in [3.05, 3.63) is 58.9 Å². The molecule has 0 aliphatic carbocycles. The Kier molecular flexibility index (Phi) is 3.99. The highest BCUT2D eigenvalue weighted by Crippen LogP contribution is 2.33. The van der Waals surface area contributed by atoms with Gasteiger partial charge in [-0.1, -0.05) is 11.6 Å². The van der Waals surface area contributed by atoms with Gasteiger partial charge >= 0.3 is 0 Å². The van der Waals surface area contributed by atoms with E-state index in [9.17, 15) is 19.1 Å². The first-order valence-corrected chi connectivity index (χ1v) is 7.37. The Morgan fingerprint density at radius 3 is 2.46 bits per heavy atom. The number of nitrogens with one attached hydrogen (secondary N) is 1. The predicted octanol–water partition coefficient (Wildman–Crippen LogP) is 4.05. The number of anilines is 1. The number of aromatic hydroxyl groups is 1. The van der Waals surface area contributed by atoms with Gasteiger partial charge in [-0.15, -0.1) is 0 Å². The van der Waals surface area contributed by atoms with Crippen molar-refractivity contribution < 1.29 is 19.1 Å². The summed E-state index contributed by atoms with van der Waals surface area (Å²) in [5.74, 6) is -1.98. The molecule has 2 aromatic carbocycles. The summed E-state index contributed by atoms with van der Waals surface area (Å²) >= 11 is 5.96.